The van der Waals surface area contributed by atoms with Crippen LogP contribution in [0.5, 0.6) is 0 Å². The van der Waals surface area contributed by atoms with Crippen molar-refractivity contribution in [2.24, 2.45) is 0 Å². The molecule has 2 aromatic carbocycles. The van der Waals surface area contributed by atoms with E-state index in [0.717, 1.165) is 31.6 Å². The minimum atomic E-state index is -0.336. The molecule has 6 heteroatoms. The van der Waals surface area contributed by atoms with Crippen molar-refractivity contribution in [1.82, 2.24) is 0 Å². The number of urea groups is 1. The molecule has 1 fully saturated rings. The van der Waals surface area contributed by atoms with Gasteiger partial charge >= 0.3 is 6.03 Å². The van der Waals surface area contributed by atoms with Crippen molar-refractivity contribution in [2.75, 3.05) is 28.6 Å². The fourth-order valence-electron chi connectivity index (χ4n) is 2.73. The lowest BCUT2D eigenvalue weighted by Crippen LogP contribution is -2.35. The molecule has 0 aromatic heterocycles. The highest BCUT2D eigenvalue weighted by Gasteiger charge is 2.17. The first-order chi connectivity index (χ1) is 11.6. The molecule has 0 radical (unpaired) electrons. The van der Waals surface area contributed by atoms with Gasteiger partial charge in [-0.25, -0.2) is 4.79 Å². The molecule has 1 saturated heterocycles. The van der Waals surface area contributed by atoms with Gasteiger partial charge in [-0.2, -0.15) is 0 Å². The summed E-state index contributed by atoms with van der Waals surface area (Å²) in [5, 5.41) is 15.6. The number of para-hydroxylation sites is 1. The van der Waals surface area contributed by atoms with Crippen LogP contribution in [0, 0.1) is 0 Å². The van der Waals surface area contributed by atoms with Crippen LogP contribution >= 0.6 is 11.6 Å². The molecule has 0 atom stereocenters. The Hall–Kier alpha value is -2.24. The molecule has 24 heavy (non-hydrogen) atoms. The lowest BCUT2D eigenvalue weighted by molar-refractivity contribution is 0.145. The summed E-state index contributed by atoms with van der Waals surface area (Å²) in [6, 6.07) is 14.4. The van der Waals surface area contributed by atoms with Gasteiger partial charge in [0.1, 0.15) is 0 Å². The van der Waals surface area contributed by atoms with E-state index in [2.05, 4.69) is 15.5 Å². The number of piperidine rings is 1. The van der Waals surface area contributed by atoms with Gasteiger partial charge in [0, 0.05) is 24.5 Å². The number of halogens is 1. The van der Waals surface area contributed by atoms with Crippen molar-refractivity contribution < 1.29 is 9.90 Å². The molecule has 0 bridgehead atoms. The van der Waals surface area contributed by atoms with Gasteiger partial charge < -0.3 is 20.6 Å². The van der Waals surface area contributed by atoms with Crippen LogP contribution in [0.1, 0.15) is 12.8 Å². The van der Waals surface area contributed by atoms with Crippen LogP contribution < -0.4 is 15.5 Å². The summed E-state index contributed by atoms with van der Waals surface area (Å²) in [7, 11) is 0. The topological polar surface area (TPSA) is 64.6 Å². The summed E-state index contributed by atoms with van der Waals surface area (Å²) in [5.74, 6) is 0. The Morgan fingerprint density at radius 2 is 1.71 bits per heavy atom. The van der Waals surface area contributed by atoms with Gasteiger partial charge in [0.05, 0.1) is 16.8 Å². The predicted octanol–water partition coefficient (Wildman–Crippen LogP) is 3.95. The van der Waals surface area contributed by atoms with Gasteiger partial charge in [0.2, 0.25) is 0 Å². The van der Waals surface area contributed by atoms with E-state index in [-0.39, 0.29) is 12.1 Å². The van der Waals surface area contributed by atoms with Crippen LogP contribution in [0.4, 0.5) is 21.9 Å². The van der Waals surface area contributed by atoms with Crippen molar-refractivity contribution in [1.29, 1.82) is 0 Å². The summed E-state index contributed by atoms with van der Waals surface area (Å²) in [6.07, 6.45) is 1.40. The number of carbonyl (C=O) groups excluding carboxylic acids is 1. The van der Waals surface area contributed by atoms with Crippen molar-refractivity contribution >= 4 is 34.7 Å². The van der Waals surface area contributed by atoms with Crippen molar-refractivity contribution in [3.63, 3.8) is 0 Å². The van der Waals surface area contributed by atoms with Crippen LogP contribution in [0.25, 0.3) is 0 Å². The SMILES string of the molecule is O=C(Nc1ccc(N2CCC(O)CC2)cc1)Nc1ccccc1Cl. The Bertz CT molecular complexity index is 698. The number of carbonyl (C=O) groups is 1. The summed E-state index contributed by atoms with van der Waals surface area (Å²) >= 11 is 6.02. The van der Waals surface area contributed by atoms with Gasteiger partial charge in [-0.05, 0) is 49.2 Å². The minimum absolute atomic E-state index is 0.185. The number of hydrogen-bond donors (Lipinski definition) is 3. The van der Waals surface area contributed by atoms with E-state index >= 15 is 0 Å². The molecular weight excluding hydrogens is 326 g/mol. The standard InChI is InChI=1S/C18H20ClN3O2/c19-16-3-1-2-4-17(16)21-18(24)20-13-5-7-14(8-6-13)22-11-9-15(23)10-12-22/h1-8,15,23H,9-12H2,(H2,20,21,24). The number of rotatable bonds is 3. The zero-order chi connectivity index (χ0) is 16.9. The highest BCUT2D eigenvalue weighted by atomic mass is 35.5. The molecule has 126 valence electrons. The number of nitrogens with zero attached hydrogens (tertiary/aromatic N) is 1. The first kappa shape index (κ1) is 16.6. The number of benzene rings is 2. The van der Waals surface area contributed by atoms with E-state index in [4.69, 9.17) is 11.6 Å². The van der Waals surface area contributed by atoms with Gasteiger partial charge in [0.15, 0.2) is 0 Å². The molecule has 5 nitrogen and oxygen atoms in total. The minimum Gasteiger partial charge on any atom is -0.393 e. The Labute approximate surface area is 146 Å². The van der Waals surface area contributed by atoms with Crippen LogP contribution in [-0.4, -0.2) is 30.3 Å². The van der Waals surface area contributed by atoms with Crippen molar-refractivity contribution in [3.05, 3.63) is 53.6 Å². The average Bonchev–Trinajstić information content (AvgIpc) is 2.58. The third kappa shape index (κ3) is 4.19. The van der Waals surface area contributed by atoms with Crippen LogP contribution in [0.2, 0.25) is 5.02 Å². The molecule has 0 unspecified atom stereocenters. The van der Waals surface area contributed by atoms with E-state index in [1.54, 1.807) is 12.1 Å². The molecule has 0 saturated carbocycles. The number of hydrogen-bond acceptors (Lipinski definition) is 3. The molecule has 3 rings (SSSR count). The average molecular weight is 346 g/mol. The van der Waals surface area contributed by atoms with Crippen LogP contribution in [0.3, 0.4) is 0 Å². The third-order valence-corrected chi connectivity index (χ3v) is 4.41. The number of aliphatic hydroxyl groups is 1. The quantitative estimate of drug-likeness (QED) is 0.789. The molecule has 3 N–H and O–H groups in total. The second-order valence-corrected chi connectivity index (χ2v) is 6.23. The maximum absolute atomic E-state index is 12.0. The van der Waals surface area contributed by atoms with Crippen LogP contribution in [-0.2, 0) is 0 Å². The molecule has 1 heterocycles. The maximum Gasteiger partial charge on any atom is 0.323 e. The Balaban J connectivity index is 1.58. The zero-order valence-corrected chi connectivity index (χ0v) is 14.0. The molecule has 1 aliphatic rings. The van der Waals surface area contributed by atoms with E-state index in [0.29, 0.717) is 16.4 Å². The summed E-state index contributed by atoms with van der Waals surface area (Å²) in [6.45, 7) is 1.70. The molecular formula is C18H20ClN3O2. The predicted molar refractivity (Wildman–Crippen MR) is 98.0 cm³/mol. The summed E-state index contributed by atoms with van der Waals surface area (Å²) in [5.41, 5.74) is 2.37. The largest absolute Gasteiger partial charge is 0.393 e. The third-order valence-electron chi connectivity index (χ3n) is 4.08. The highest BCUT2D eigenvalue weighted by molar-refractivity contribution is 6.33. The van der Waals surface area contributed by atoms with Gasteiger partial charge in [-0.15, -0.1) is 0 Å². The zero-order valence-electron chi connectivity index (χ0n) is 13.2. The van der Waals surface area contributed by atoms with Gasteiger partial charge in [-0.3, -0.25) is 0 Å². The number of aliphatic hydroxyl groups excluding tert-OH is 1. The highest BCUT2D eigenvalue weighted by Crippen LogP contribution is 2.23. The monoisotopic (exact) mass is 345 g/mol. The molecule has 2 aromatic rings. The lowest BCUT2D eigenvalue weighted by Gasteiger charge is -2.31. The van der Waals surface area contributed by atoms with Crippen LogP contribution in [0.15, 0.2) is 48.5 Å². The second kappa shape index (κ2) is 7.55. The van der Waals surface area contributed by atoms with E-state index in [1.165, 1.54) is 0 Å². The molecule has 0 spiro atoms. The fourth-order valence-corrected chi connectivity index (χ4v) is 2.91. The lowest BCUT2D eigenvalue weighted by atomic mass is 10.1. The summed E-state index contributed by atoms with van der Waals surface area (Å²) in [4.78, 5) is 14.3. The molecule has 1 aliphatic heterocycles. The van der Waals surface area contributed by atoms with Gasteiger partial charge in [-0.1, -0.05) is 23.7 Å². The van der Waals surface area contributed by atoms with Gasteiger partial charge in [0.25, 0.3) is 0 Å². The second-order valence-electron chi connectivity index (χ2n) is 5.82. The number of amides is 2. The summed E-state index contributed by atoms with van der Waals surface area (Å²) < 4.78 is 0. The normalized spacial score (nSPS) is 15.2. The molecule has 0 aliphatic carbocycles. The first-order valence-electron chi connectivity index (χ1n) is 7.97. The van der Waals surface area contributed by atoms with E-state index in [9.17, 15) is 9.90 Å². The number of nitrogens with one attached hydrogen (secondary N) is 2. The fraction of sp³-hybridized carbons (Fsp3) is 0.278. The Morgan fingerprint density at radius 1 is 1.04 bits per heavy atom. The molecule has 2 amide bonds. The van der Waals surface area contributed by atoms with Crippen molar-refractivity contribution in [3.8, 4) is 0 Å². The van der Waals surface area contributed by atoms with E-state index < -0.39 is 0 Å². The Morgan fingerprint density at radius 3 is 2.38 bits per heavy atom. The smallest absolute Gasteiger partial charge is 0.323 e. The van der Waals surface area contributed by atoms with Crippen molar-refractivity contribution in [2.45, 2.75) is 18.9 Å². The van der Waals surface area contributed by atoms with E-state index in [1.807, 2.05) is 36.4 Å². The maximum atomic E-state index is 12.0. The Kier molecular flexibility index (Phi) is 5.23. The first-order valence-corrected chi connectivity index (χ1v) is 8.35. The number of anilines is 3.